The number of para-hydroxylation sites is 1. The first-order valence-corrected chi connectivity index (χ1v) is 4.59. The minimum atomic E-state index is 0.715. The molecule has 70 valence electrons. The Hall–Kier alpha value is -1.24. The van der Waals surface area contributed by atoms with Crippen molar-refractivity contribution >= 4 is 0 Å². The van der Waals surface area contributed by atoms with Gasteiger partial charge in [0.1, 0.15) is 5.75 Å². The molecule has 0 fully saturated rings. The van der Waals surface area contributed by atoms with Gasteiger partial charge in [-0.2, -0.15) is 0 Å². The molecule has 1 rings (SSSR count). The van der Waals surface area contributed by atoms with Gasteiger partial charge in [0.05, 0.1) is 6.61 Å². The second kappa shape index (κ2) is 4.70. The summed E-state index contributed by atoms with van der Waals surface area (Å²) in [6.07, 6.45) is 0.899. The van der Waals surface area contributed by atoms with Gasteiger partial charge in [-0.25, -0.2) is 0 Å². The van der Waals surface area contributed by atoms with E-state index in [1.54, 1.807) is 0 Å². The molecule has 1 nitrogen and oxygen atoms in total. The molecule has 0 radical (unpaired) electrons. The summed E-state index contributed by atoms with van der Waals surface area (Å²) in [7, 11) is 0. The van der Waals surface area contributed by atoms with Crippen molar-refractivity contribution in [1.82, 2.24) is 0 Å². The van der Waals surface area contributed by atoms with Crippen LogP contribution in [0.1, 0.15) is 19.4 Å². The van der Waals surface area contributed by atoms with E-state index in [2.05, 4.69) is 12.6 Å². The van der Waals surface area contributed by atoms with Crippen molar-refractivity contribution in [3.63, 3.8) is 0 Å². The second-order valence-corrected chi connectivity index (χ2v) is 3.17. The van der Waals surface area contributed by atoms with Gasteiger partial charge in [0, 0.05) is 0 Å². The lowest BCUT2D eigenvalue weighted by Gasteiger charge is -2.09. The Morgan fingerprint density at radius 3 is 2.69 bits per heavy atom. The molecule has 1 aromatic rings. The maximum atomic E-state index is 5.50. The predicted molar refractivity (Wildman–Crippen MR) is 56.1 cm³/mol. The van der Waals surface area contributed by atoms with Gasteiger partial charge in [0.15, 0.2) is 0 Å². The van der Waals surface area contributed by atoms with Gasteiger partial charge >= 0.3 is 0 Å². The third-order valence-electron chi connectivity index (χ3n) is 1.76. The summed E-state index contributed by atoms with van der Waals surface area (Å²) in [5.41, 5.74) is 2.38. The molecular formula is C12H16O. The van der Waals surface area contributed by atoms with E-state index in [9.17, 15) is 0 Å². The first-order valence-electron chi connectivity index (χ1n) is 4.59. The van der Waals surface area contributed by atoms with Crippen LogP contribution in [-0.4, -0.2) is 6.61 Å². The molecule has 0 aliphatic rings. The normalized spacial score (nSPS) is 9.69. The third kappa shape index (κ3) is 2.94. The van der Waals surface area contributed by atoms with Crippen LogP contribution >= 0.6 is 0 Å². The summed E-state index contributed by atoms with van der Waals surface area (Å²) < 4.78 is 5.50. The minimum Gasteiger partial charge on any atom is -0.494 e. The smallest absolute Gasteiger partial charge is 0.122 e. The topological polar surface area (TPSA) is 9.23 Å². The summed E-state index contributed by atoms with van der Waals surface area (Å²) in [6, 6.07) is 8.11. The molecule has 0 aliphatic carbocycles. The fourth-order valence-electron chi connectivity index (χ4n) is 1.27. The molecule has 0 atom stereocenters. The molecule has 0 saturated carbocycles. The van der Waals surface area contributed by atoms with Gasteiger partial charge in [-0.1, -0.05) is 30.4 Å². The Morgan fingerprint density at radius 2 is 2.08 bits per heavy atom. The van der Waals surface area contributed by atoms with Crippen LogP contribution in [0, 0.1) is 0 Å². The summed E-state index contributed by atoms with van der Waals surface area (Å²) >= 11 is 0. The maximum absolute atomic E-state index is 5.50. The van der Waals surface area contributed by atoms with Gasteiger partial charge in [0.25, 0.3) is 0 Å². The van der Waals surface area contributed by atoms with E-state index in [1.165, 1.54) is 5.56 Å². The van der Waals surface area contributed by atoms with Gasteiger partial charge in [-0.3, -0.25) is 0 Å². The molecule has 0 heterocycles. The van der Waals surface area contributed by atoms with Crippen LogP contribution in [0.25, 0.3) is 0 Å². The highest BCUT2D eigenvalue weighted by atomic mass is 16.5. The molecule has 0 spiro atoms. The molecule has 0 saturated heterocycles. The van der Waals surface area contributed by atoms with Crippen molar-refractivity contribution in [1.29, 1.82) is 0 Å². The van der Waals surface area contributed by atoms with Crippen molar-refractivity contribution in [2.24, 2.45) is 0 Å². The number of rotatable bonds is 4. The van der Waals surface area contributed by atoms with Crippen LogP contribution in [0.3, 0.4) is 0 Å². The van der Waals surface area contributed by atoms with E-state index in [0.717, 1.165) is 17.7 Å². The zero-order valence-electron chi connectivity index (χ0n) is 8.34. The zero-order valence-corrected chi connectivity index (χ0v) is 8.34. The number of hydrogen-bond acceptors (Lipinski definition) is 1. The van der Waals surface area contributed by atoms with Crippen molar-refractivity contribution in [3.05, 3.63) is 42.0 Å². The minimum absolute atomic E-state index is 0.715. The van der Waals surface area contributed by atoms with E-state index in [0.29, 0.717) is 6.61 Å². The largest absolute Gasteiger partial charge is 0.494 e. The highest BCUT2D eigenvalue weighted by molar-refractivity contribution is 5.35. The molecule has 0 aromatic heterocycles. The molecule has 0 bridgehead atoms. The molecule has 0 amide bonds. The summed E-state index contributed by atoms with van der Waals surface area (Å²) in [5.74, 6) is 0.980. The van der Waals surface area contributed by atoms with Crippen molar-refractivity contribution in [2.75, 3.05) is 6.61 Å². The SMILES string of the molecule is C=C(C)Cc1ccccc1OCC. The van der Waals surface area contributed by atoms with E-state index in [1.807, 2.05) is 32.0 Å². The van der Waals surface area contributed by atoms with Gasteiger partial charge in [0.2, 0.25) is 0 Å². The third-order valence-corrected chi connectivity index (χ3v) is 1.76. The number of hydrogen-bond donors (Lipinski definition) is 0. The number of allylic oxidation sites excluding steroid dienone is 1. The van der Waals surface area contributed by atoms with Crippen LogP contribution in [0.4, 0.5) is 0 Å². The van der Waals surface area contributed by atoms with Crippen molar-refractivity contribution < 1.29 is 4.74 Å². The lowest BCUT2D eigenvalue weighted by Crippen LogP contribution is -1.96. The molecule has 0 aliphatic heterocycles. The highest BCUT2D eigenvalue weighted by Gasteiger charge is 2.01. The van der Waals surface area contributed by atoms with Crippen LogP contribution in [0.15, 0.2) is 36.4 Å². The summed E-state index contributed by atoms with van der Waals surface area (Å²) in [6.45, 7) is 8.64. The van der Waals surface area contributed by atoms with Crippen LogP contribution in [0.2, 0.25) is 0 Å². The monoisotopic (exact) mass is 176 g/mol. The Kier molecular flexibility index (Phi) is 3.56. The Labute approximate surface area is 80.0 Å². The lowest BCUT2D eigenvalue weighted by molar-refractivity contribution is 0.337. The molecule has 0 N–H and O–H groups in total. The van der Waals surface area contributed by atoms with E-state index < -0.39 is 0 Å². The molecule has 13 heavy (non-hydrogen) atoms. The summed E-state index contributed by atoms with van der Waals surface area (Å²) in [4.78, 5) is 0. The average Bonchev–Trinajstić information content (AvgIpc) is 2.08. The van der Waals surface area contributed by atoms with Crippen molar-refractivity contribution in [2.45, 2.75) is 20.3 Å². The number of benzene rings is 1. The van der Waals surface area contributed by atoms with Crippen molar-refractivity contribution in [3.8, 4) is 5.75 Å². The lowest BCUT2D eigenvalue weighted by atomic mass is 10.1. The Morgan fingerprint density at radius 1 is 1.38 bits per heavy atom. The van der Waals surface area contributed by atoms with E-state index >= 15 is 0 Å². The van der Waals surface area contributed by atoms with Crippen LogP contribution in [0.5, 0.6) is 5.75 Å². The predicted octanol–water partition coefficient (Wildman–Crippen LogP) is 3.20. The molecule has 0 unspecified atom stereocenters. The second-order valence-electron chi connectivity index (χ2n) is 3.17. The van der Waals surface area contributed by atoms with Gasteiger partial charge in [-0.15, -0.1) is 0 Å². The fourth-order valence-corrected chi connectivity index (χ4v) is 1.27. The number of ether oxygens (including phenoxy) is 1. The summed E-state index contributed by atoms with van der Waals surface area (Å²) in [5, 5.41) is 0. The van der Waals surface area contributed by atoms with E-state index in [4.69, 9.17) is 4.74 Å². The molecule has 1 aromatic carbocycles. The Balaban J connectivity index is 2.84. The van der Waals surface area contributed by atoms with Crippen LogP contribution in [-0.2, 0) is 6.42 Å². The highest BCUT2D eigenvalue weighted by Crippen LogP contribution is 2.20. The first kappa shape index (κ1) is 9.85. The Bertz CT molecular complexity index is 289. The van der Waals surface area contributed by atoms with Gasteiger partial charge < -0.3 is 4.74 Å². The quantitative estimate of drug-likeness (QED) is 0.640. The standard InChI is InChI=1S/C12H16O/c1-4-13-12-8-6-5-7-11(12)9-10(2)3/h5-8H,2,4,9H2,1,3H3. The maximum Gasteiger partial charge on any atom is 0.122 e. The average molecular weight is 176 g/mol. The van der Waals surface area contributed by atoms with Crippen LogP contribution < -0.4 is 4.74 Å². The molecular weight excluding hydrogens is 160 g/mol. The molecule has 1 heteroatoms. The van der Waals surface area contributed by atoms with E-state index in [-0.39, 0.29) is 0 Å². The first-order chi connectivity index (χ1) is 6.24. The fraction of sp³-hybridized carbons (Fsp3) is 0.333. The van der Waals surface area contributed by atoms with Gasteiger partial charge in [-0.05, 0) is 31.9 Å². The zero-order chi connectivity index (χ0) is 9.68.